The van der Waals surface area contributed by atoms with Crippen LogP contribution in [0.4, 0.5) is 24.5 Å². The second-order valence-corrected chi connectivity index (χ2v) is 18.2. The zero-order valence-corrected chi connectivity index (χ0v) is 33.9. The first-order chi connectivity index (χ1) is 26.8. The Morgan fingerprint density at radius 2 is 1.04 bits per heavy atom. The van der Waals surface area contributed by atoms with Crippen molar-refractivity contribution in [2.24, 2.45) is 0 Å². The molecular weight excluding hydrogens is 768 g/mol. The van der Waals surface area contributed by atoms with Gasteiger partial charge in [0.05, 0.1) is 4.90 Å². The fourth-order valence-corrected chi connectivity index (χ4v) is 10.9. The van der Waals surface area contributed by atoms with Gasteiger partial charge in [-0.25, -0.2) is 8.42 Å². The number of hydrogen-bond donors (Lipinski definition) is 0. The van der Waals surface area contributed by atoms with E-state index in [1.165, 1.54) is 26.8 Å². The number of rotatable bonds is 13. The molecule has 0 aliphatic carbocycles. The predicted octanol–water partition coefficient (Wildman–Crippen LogP) is 4.21. The van der Waals surface area contributed by atoms with E-state index in [1.807, 2.05) is 19.9 Å². The molecule has 0 saturated carbocycles. The van der Waals surface area contributed by atoms with Crippen molar-refractivity contribution in [3.05, 3.63) is 83.9 Å². The predicted molar refractivity (Wildman–Crippen MR) is 213 cm³/mol. The molecule has 0 N–H and O–H groups in total. The highest BCUT2D eigenvalue weighted by molar-refractivity contribution is 7.89. The monoisotopic (exact) mass is 821 g/mol. The zero-order chi connectivity index (χ0) is 39.9. The van der Waals surface area contributed by atoms with Gasteiger partial charge >= 0.3 is 6.36 Å². The number of fused-ring (bicyclic) bond motifs is 2. The lowest BCUT2D eigenvalue weighted by molar-refractivity contribution is -0.274. The van der Waals surface area contributed by atoms with Crippen LogP contribution in [-0.4, -0.2) is 151 Å². The molecule has 0 atom stereocenters. The minimum Gasteiger partial charge on any atom is -0.406 e. The van der Waals surface area contributed by atoms with Crippen LogP contribution < -0.4 is 14.5 Å². The van der Waals surface area contributed by atoms with Crippen LogP contribution in [-0.2, 0) is 33.1 Å². The summed E-state index contributed by atoms with van der Waals surface area (Å²) in [6, 6.07) is 21.4. The van der Waals surface area contributed by atoms with Gasteiger partial charge < -0.3 is 14.5 Å². The van der Waals surface area contributed by atoms with Crippen LogP contribution in [0.5, 0.6) is 5.75 Å². The molecule has 4 aliphatic heterocycles. The summed E-state index contributed by atoms with van der Waals surface area (Å²) in [5, 5.41) is 0. The van der Waals surface area contributed by atoms with Crippen LogP contribution in [0, 0.1) is 0 Å². The molecule has 0 unspecified atom stereocenters. The third-order valence-electron chi connectivity index (χ3n) is 11.1. The Morgan fingerprint density at radius 1 is 0.589 bits per heavy atom. The van der Waals surface area contributed by atoms with E-state index in [9.17, 15) is 30.0 Å². The average molecular weight is 822 g/mol. The van der Waals surface area contributed by atoms with Gasteiger partial charge in [0, 0.05) is 116 Å². The lowest BCUT2D eigenvalue weighted by atomic mass is 10.2. The number of hydrogen-bond acceptors (Lipinski definition) is 9. The Bertz CT molecular complexity index is 1950. The summed E-state index contributed by atoms with van der Waals surface area (Å²) in [4.78, 5) is 9.41. The Balaban J connectivity index is 0.000000194. The lowest BCUT2D eigenvalue weighted by Gasteiger charge is -2.37. The van der Waals surface area contributed by atoms with E-state index in [1.54, 1.807) is 8.61 Å². The van der Waals surface area contributed by atoms with Crippen LogP contribution in [0.2, 0.25) is 0 Å². The van der Waals surface area contributed by atoms with Crippen LogP contribution in [0.25, 0.3) is 0 Å². The van der Waals surface area contributed by atoms with Crippen LogP contribution in [0.15, 0.2) is 77.7 Å². The van der Waals surface area contributed by atoms with E-state index in [4.69, 9.17) is 0 Å². The first kappa shape index (κ1) is 42.2. The highest BCUT2D eigenvalue weighted by atomic mass is 32.2. The molecule has 0 amide bonds. The smallest absolute Gasteiger partial charge is 0.406 e. The molecule has 0 radical (unpaired) electrons. The summed E-state index contributed by atoms with van der Waals surface area (Å²) < 4.78 is 96.0. The maximum Gasteiger partial charge on any atom is 0.573 e. The van der Waals surface area contributed by atoms with Gasteiger partial charge in [0.2, 0.25) is 10.0 Å². The molecule has 2 fully saturated rings. The van der Waals surface area contributed by atoms with Crippen LogP contribution in [0.1, 0.15) is 25.0 Å². The Hall–Kier alpha value is -3.45. The van der Waals surface area contributed by atoms with Gasteiger partial charge in [-0.3, -0.25) is 9.80 Å². The first-order valence-electron chi connectivity index (χ1n) is 19.5. The van der Waals surface area contributed by atoms with E-state index in [-0.39, 0.29) is 4.90 Å². The molecule has 4 heterocycles. The summed E-state index contributed by atoms with van der Waals surface area (Å²) in [6.45, 7) is 15.4. The summed E-state index contributed by atoms with van der Waals surface area (Å²) in [6.07, 6.45) is -2.63. The fraction of sp³-hybridized carbons (Fsp3) is 0.538. The molecule has 0 aromatic heterocycles. The number of nitrogens with zero attached hydrogens (tertiary/aromatic N) is 7. The van der Waals surface area contributed by atoms with Crippen molar-refractivity contribution < 1.29 is 34.7 Å². The number of piperazine rings is 2. The Morgan fingerprint density at radius 3 is 1.48 bits per heavy atom. The van der Waals surface area contributed by atoms with Crippen molar-refractivity contribution in [1.29, 1.82) is 0 Å². The third kappa shape index (κ3) is 10.3. The summed E-state index contributed by atoms with van der Waals surface area (Å²) in [5.74, 6) is -0.445. The molecule has 7 rings (SSSR count). The molecule has 0 bridgehead atoms. The second kappa shape index (κ2) is 18.4. The average Bonchev–Trinajstić information content (AvgIpc) is 3.81. The van der Waals surface area contributed by atoms with Crippen molar-refractivity contribution in [3.8, 4) is 5.75 Å². The SMILES string of the molecule is CCN(CC)S(=O)(=O)N1CCN(CCN2CCc3ccccc32)CC1.O=S(=O)(c1ccc(OC(F)(F)F)cc1)N1CCN(CCN2CCc3ccccc32)CC1. The summed E-state index contributed by atoms with van der Waals surface area (Å²) >= 11 is 0. The molecule has 12 nitrogen and oxygen atoms in total. The van der Waals surface area contributed by atoms with Crippen LogP contribution >= 0.6 is 0 Å². The second-order valence-electron chi connectivity index (χ2n) is 14.3. The number of para-hydroxylation sites is 2. The summed E-state index contributed by atoms with van der Waals surface area (Å²) in [7, 11) is -7.05. The number of benzene rings is 3. The summed E-state index contributed by atoms with van der Waals surface area (Å²) in [5.41, 5.74) is 5.45. The quantitative estimate of drug-likeness (QED) is 0.251. The third-order valence-corrected chi connectivity index (χ3v) is 15.2. The van der Waals surface area contributed by atoms with Crippen molar-refractivity contribution in [2.75, 3.05) is 115 Å². The minimum absolute atomic E-state index is 0.0378. The van der Waals surface area contributed by atoms with Gasteiger partial charge in [0.15, 0.2) is 0 Å². The topological polar surface area (TPSA) is 100 Å². The lowest BCUT2D eigenvalue weighted by Crippen LogP contribution is -2.53. The molecule has 17 heteroatoms. The van der Waals surface area contributed by atoms with Gasteiger partial charge in [0.1, 0.15) is 5.75 Å². The number of anilines is 2. The maximum atomic E-state index is 12.8. The number of sulfonamides is 1. The largest absolute Gasteiger partial charge is 0.573 e. The zero-order valence-electron chi connectivity index (χ0n) is 32.3. The normalized spacial score (nSPS) is 18.8. The highest BCUT2D eigenvalue weighted by Crippen LogP contribution is 2.29. The molecule has 56 heavy (non-hydrogen) atoms. The van der Waals surface area contributed by atoms with Gasteiger partial charge in [-0.2, -0.15) is 21.3 Å². The molecule has 308 valence electrons. The molecule has 4 aliphatic rings. The molecular formula is C39H54F3N7O5S2. The van der Waals surface area contributed by atoms with E-state index in [2.05, 4.69) is 66.8 Å². The highest BCUT2D eigenvalue weighted by Gasteiger charge is 2.33. The first-order valence-corrected chi connectivity index (χ1v) is 22.3. The molecule has 3 aromatic carbocycles. The molecule has 0 spiro atoms. The van der Waals surface area contributed by atoms with E-state index in [0.29, 0.717) is 52.4 Å². The van der Waals surface area contributed by atoms with Gasteiger partial charge in [-0.05, 0) is 60.4 Å². The van der Waals surface area contributed by atoms with Gasteiger partial charge in [0.25, 0.3) is 10.2 Å². The molecule has 3 aromatic rings. The van der Waals surface area contributed by atoms with E-state index >= 15 is 0 Å². The standard InChI is InChI=1S/C21H24F3N3O3S.C18H30N4O2S/c22-21(23,24)30-18-5-7-19(8-6-18)31(28,29)27-15-12-25(13-16-27)11-14-26-10-9-17-3-1-2-4-20(17)26;1-3-21(4-2)25(23,24)22-15-12-19(13-16-22)11-14-20-10-9-17-7-5-6-8-18(17)20/h1-8H,9-16H2;5-8H,3-4,9-16H2,1-2H3. The van der Waals surface area contributed by atoms with E-state index < -0.39 is 32.3 Å². The number of halogens is 3. The minimum atomic E-state index is -4.81. The van der Waals surface area contributed by atoms with Crippen molar-refractivity contribution in [2.45, 2.75) is 37.9 Å². The Labute approximate surface area is 330 Å². The van der Waals surface area contributed by atoms with Crippen molar-refractivity contribution in [3.63, 3.8) is 0 Å². The van der Waals surface area contributed by atoms with Crippen molar-refractivity contribution >= 4 is 31.6 Å². The number of alkyl halides is 3. The van der Waals surface area contributed by atoms with Gasteiger partial charge in [-0.1, -0.05) is 50.2 Å². The van der Waals surface area contributed by atoms with Crippen LogP contribution in [0.3, 0.4) is 0 Å². The number of ether oxygens (including phenoxy) is 1. The fourth-order valence-electron chi connectivity index (χ4n) is 7.85. The van der Waals surface area contributed by atoms with Crippen molar-refractivity contribution in [1.82, 2.24) is 22.7 Å². The Kier molecular flexibility index (Phi) is 13.9. The van der Waals surface area contributed by atoms with E-state index in [0.717, 1.165) is 89.5 Å². The van der Waals surface area contributed by atoms with Gasteiger partial charge in [-0.15, -0.1) is 13.2 Å². The molecule has 2 saturated heterocycles. The maximum absolute atomic E-state index is 12.8.